The smallest absolute Gasteiger partial charge is 0.416 e. The third-order valence-corrected chi connectivity index (χ3v) is 8.13. The van der Waals surface area contributed by atoms with Gasteiger partial charge in [0.25, 0.3) is 0 Å². The molecule has 12 heteroatoms. The number of amides is 2. The lowest BCUT2D eigenvalue weighted by atomic mass is 9.95. The van der Waals surface area contributed by atoms with Gasteiger partial charge in [0, 0.05) is 12.6 Å². The Bertz CT molecular complexity index is 1260. The number of hydrogen-bond acceptors (Lipinski definition) is 5. The van der Waals surface area contributed by atoms with Crippen molar-refractivity contribution < 1.29 is 35.9 Å². The van der Waals surface area contributed by atoms with Crippen molar-refractivity contribution in [3.63, 3.8) is 0 Å². The van der Waals surface area contributed by atoms with Gasteiger partial charge in [0.2, 0.25) is 21.8 Å². The molecule has 0 saturated heterocycles. The van der Waals surface area contributed by atoms with Crippen LogP contribution in [0.4, 0.5) is 18.9 Å². The summed E-state index contributed by atoms with van der Waals surface area (Å²) in [6.07, 6.45) is 1.14. The zero-order chi connectivity index (χ0) is 29.5. The molecule has 2 aromatic rings. The van der Waals surface area contributed by atoms with Crippen LogP contribution >= 0.6 is 0 Å². The van der Waals surface area contributed by atoms with Crippen molar-refractivity contribution in [1.29, 1.82) is 0 Å². The molecule has 1 aliphatic rings. The van der Waals surface area contributed by atoms with E-state index in [9.17, 15) is 31.2 Å². The van der Waals surface area contributed by atoms with Crippen LogP contribution in [-0.4, -0.2) is 57.1 Å². The molecule has 8 nitrogen and oxygen atoms in total. The number of benzene rings is 2. The first kappa shape index (κ1) is 31.3. The quantitative estimate of drug-likeness (QED) is 0.413. The lowest BCUT2D eigenvalue weighted by Crippen LogP contribution is -2.53. The van der Waals surface area contributed by atoms with Gasteiger partial charge in [-0.05, 0) is 55.2 Å². The maximum absolute atomic E-state index is 13.8. The summed E-state index contributed by atoms with van der Waals surface area (Å²) in [5.41, 5.74) is -0.669. The number of carbonyl (C=O) groups is 2. The van der Waals surface area contributed by atoms with Gasteiger partial charge < -0.3 is 15.0 Å². The number of alkyl halides is 3. The molecule has 3 rings (SSSR count). The van der Waals surface area contributed by atoms with E-state index in [1.807, 2.05) is 0 Å². The van der Waals surface area contributed by atoms with E-state index in [1.165, 1.54) is 18.1 Å². The van der Waals surface area contributed by atoms with E-state index in [0.717, 1.165) is 50.5 Å². The molecule has 1 N–H and O–H groups in total. The third kappa shape index (κ3) is 8.36. The molecule has 1 atom stereocenters. The minimum Gasteiger partial charge on any atom is -0.497 e. The number of rotatable bonds is 11. The van der Waals surface area contributed by atoms with Crippen molar-refractivity contribution in [2.75, 3.05) is 24.2 Å². The van der Waals surface area contributed by atoms with Crippen LogP contribution in [0.3, 0.4) is 0 Å². The molecule has 1 saturated carbocycles. The second-order valence-corrected chi connectivity index (χ2v) is 11.9. The Kier molecular flexibility index (Phi) is 10.5. The SMILES string of the molecule is CCC(C(=O)NC1CCCCC1)N(Cc1ccc(OC)cc1)C(=O)CN(c1cccc(C(F)(F)F)c1)S(C)(=O)=O. The number of nitrogens with one attached hydrogen (secondary N) is 1. The highest BCUT2D eigenvalue weighted by atomic mass is 32.2. The Morgan fingerprint density at radius 3 is 2.27 bits per heavy atom. The van der Waals surface area contributed by atoms with Crippen LogP contribution in [0, 0.1) is 0 Å². The first-order chi connectivity index (χ1) is 18.8. The molecule has 0 aromatic heterocycles. The Morgan fingerprint density at radius 2 is 1.73 bits per heavy atom. The Morgan fingerprint density at radius 1 is 1.07 bits per heavy atom. The van der Waals surface area contributed by atoms with Crippen LogP contribution in [0.15, 0.2) is 48.5 Å². The van der Waals surface area contributed by atoms with Gasteiger partial charge in [-0.3, -0.25) is 13.9 Å². The number of nitrogens with zero attached hydrogens (tertiary/aromatic N) is 2. The van der Waals surface area contributed by atoms with Crippen LogP contribution in [-0.2, 0) is 32.3 Å². The van der Waals surface area contributed by atoms with Crippen LogP contribution in [0.5, 0.6) is 5.75 Å². The molecule has 2 aromatic carbocycles. The molecule has 1 fully saturated rings. The van der Waals surface area contributed by atoms with Gasteiger partial charge >= 0.3 is 6.18 Å². The van der Waals surface area contributed by atoms with E-state index in [2.05, 4.69) is 5.32 Å². The fourth-order valence-corrected chi connectivity index (χ4v) is 5.68. The van der Waals surface area contributed by atoms with Gasteiger partial charge in [-0.15, -0.1) is 0 Å². The molecule has 0 radical (unpaired) electrons. The summed E-state index contributed by atoms with van der Waals surface area (Å²) in [4.78, 5) is 28.5. The first-order valence-corrected chi connectivity index (χ1v) is 15.1. The van der Waals surface area contributed by atoms with Crippen LogP contribution in [0.1, 0.15) is 56.6 Å². The molecule has 40 heavy (non-hydrogen) atoms. The van der Waals surface area contributed by atoms with Crippen LogP contribution in [0.25, 0.3) is 0 Å². The van der Waals surface area contributed by atoms with Gasteiger partial charge in [-0.1, -0.05) is 44.4 Å². The molecular weight excluding hydrogens is 547 g/mol. The van der Waals surface area contributed by atoms with E-state index in [1.54, 1.807) is 31.2 Å². The zero-order valence-corrected chi connectivity index (χ0v) is 23.7. The lowest BCUT2D eigenvalue weighted by molar-refractivity contribution is -0.140. The normalized spacial score (nSPS) is 15.2. The molecule has 1 unspecified atom stereocenters. The molecule has 0 bridgehead atoms. The summed E-state index contributed by atoms with van der Waals surface area (Å²) < 4.78 is 71.3. The number of hydrogen-bond donors (Lipinski definition) is 1. The minimum atomic E-state index is -4.70. The van der Waals surface area contributed by atoms with E-state index in [-0.39, 0.29) is 30.6 Å². The summed E-state index contributed by atoms with van der Waals surface area (Å²) in [5, 5.41) is 3.04. The maximum atomic E-state index is 13.8. The Labute approximate surface area is 233 Å². The molecule has 0 heterocycles. The minimum absolute atomic E-state index is 0.00846. The fraction of sp³-hybridized carbons (Fsp3) is 0.500. The average molecular weight is 584 g/mol. The third-order valence-electron chi connectivity index (χ3n) is 6.99. The second kappa shape index (κ2) is 13.4. The van der Waals surface area contributed by atoms with Crippen molar-refractivity contribution in [3.05, 3.63) is 59.7 Å². The fourth-order valence-electron chi connectivity index (χ4n) is 4.84. The molecule has 220 valence electrons. The summed E-state index contributed by atoms with van der Waals surface area (Å²) >= 11 is 0. The van der Waals surface area contributed by atoms with Crippen molar-refractivity contribution in [2.24, 2.45) is 0 Å². The number of sulfonamides is 1. The zero-order valence-electron chi connectivity index (χ0n) is 22.9. The molecule has 2 amide bonds. The van der Waals surface area contributed by atoms with Crippen molar-refractivity contribution in [2.45, 2.75) is 70.3 Å². The summed E-state index contributed by atoms with van der Waals surface area (Å²) in [6, 6.07) is 9.73. The van der Waals surface area contributed by atoms with Gasteiger partial charge in [-0.25, -0.2) is 8.42 Å². The maximum Gasteiger partial charge on any atom is 0.416 e. The van der Waals surface area contributed by atoms with Crippen molar-refractivity contribution in [3.8, 4) is 5.75 Å². The van der Waals surface area contributed by atoms with Gasteiger partial charge in [0.1, 0.15) is 18.3 Å². The highest BCUT2D eigenvalue weighted by molar-refractivity contribution is 7.92. The molecular formula is C28H36F3N3O5S. The largest absolute Gasteiger partial charge is 0.497 e. The standard InChI is InChI=1S/C28H36F3N3O5S/c1-4-25(27(36)32-22-10-6-5-7-11-22)33(18-20-13-15-24(39-2)16-14-20)26(35)19-34(40(3,37)38)23-12-8-9-21(17-23)28(29,30)31/h8-9,12-17,22,25H,4-7,10-11,18-19H2,1-3H3,(H,32,36). The van der Waals surface area contributed by atoms with E-state index >= 15 is 0 Å². The molecule has 0 spiro atoms. The van der Waals surface area contributed by atoms with Crippen LogP contribution < -0.4 is 14.4 Å². The number of halogens is 3. The number of anilines is 1. The van der Waals surface area contributed by atoms with E-state index in [0.29, 0.717) is 21.7 Å². The van der Waals surface area contributed by atoms with Crippen molar-refractivity contribution >= 4 is 27.5 Å². The Hall–Kier alpha value is -3.28. The Balaban J connectivity index is 1.95. The highest BCUT2D eigenvalue weighted by Crippen LogP contribution is 2.32. The average Bonchev–Trinajstić information content (AvgIpc) is 2.91. The number of ether oxygens (including phenoxy) is 1. The van der Waals surface area contributed by atoms with E-state index in [4.69, 9.17) is 4.74 Å². The number of carbonyl (C=O) groups excluding carboxylic acids is 2. The van der Waals surface area contributed by atoms with E-state index < -0.39 is 40.3 Å². The lowest BCUT2D eigenvalue weighted by Gasteiger charge is -2.34. The topological polar surface area (TPSA) is 96.0 Å². The predicted molar refractivity (Wildman–Crippen MR) is 146 cm³/mol. The van der Waals surface area contributed by atoms with Crippen molar-refractivity contribution in [1.82, 2.24) is 10.2 Å². The number of methoxy groups -OCH3 is 1. The second-order valence-electron chi connectivity index (χ2n) is 9.96. The van der Waals surface area contributed by atoms with Gasteiger partial charge in [-0.2, -0.15) is 13.2 Å². The molecule has 1 aliphatic carbocycles. The van der Waals surface area contributed by atoms with Gasteiger partial charge in [0.05, 0.1) is 24.6 Å². The summed E-state index contributed by atoms with van der Waals surface area (Å²) in [7, 11) is -2.65. The summed E-state index contributed by atoms with van der Waals surface area (Å²) in [6.45, 7) is 0.962. The first-order valence-electron chi connectivity index (χ1n) is 13.2. The monoisotopic (exact) mass is 583 g/mol. The van der Waals surface area contributed by atoms with Gasteiger partial charge in [0.15, 0.2) is 0 Å². The van der Waals surface area contributed by atoms with Crippen LogP contribution in [0.2, 0.25) is 0 Å². The molecule has 0 aliphatic heterocycles. The predicted octanol–water partition coefficient (Wildman–Crippen LogP) is 4.74. The highest BCUT2D eigenvalue weighted by Gasteiger charge is 2.34. The summed E-state index contributed by atoms with van der Waals surface area (Å²) in [5.74, 6) is -0.470.